The number of carbonyl (C=O) groups excluding carboxylic acids is 1. The molecule has 0 aliphatic carbocycles. The number of ether oxygens (including phenoxy) is 2. The summed E-state index contributed by atoms with van der Waals surface area (Å²) in [7, 11) is 0. The van der Waals surface area contributed by atoms with Crippen LogP contribution in [0.25, 0.3) is 0 Å². The van der Waals surface area contributed by atoms with Crippen LogP contribution in [0.5, 0.6) is 0 Å². The van der Waals surface area contributed by atoms with Crippen LogP contribution in [0.15, 0.2) is 40.1 Å². The fourth-order valence-electron chi connectivity index (χ4n) is 2.43. The van der Waals surface area contributed by atoms with Gasteiger partial charge in [0.05, 0.1) is 18.2 Å². The summed E-state index contributed by atoms with van der Waals surface area (Å²) >= 11 is 8.55. The zero-order chi connectivity index (χ0) is 16.3. The van der Waals surface area contributed by atoms with Gasteiger partial charge in [0.25, 0.3) is 0 Å². The molecule has 0 amide bonds. The molecule has 114 valence electrons. The Morgan fingerprint density at radius 1 is 1.45 bits per heavy atom. The van der Waals surface area contributed by atoms with Crippen LogP contribution in [0.1, 0.15) is 25.3 Å². The number of halogens is 1. The maximum atomic E-state index is 12.3. The summed E-state index contributed by atoms with van der Waals surface area (Å²) in [6.45, 7) is 3.65. The van der Waals surface area contributed by atoms with Gasteiger partial charge in [-0.3, -0.25) is 0 Å². The molecule has 1 aliphatic rings. The molecule has 22 heavy (non-hydrogen) atoms. The smallest absolute Gasteiger partial charge is 0.338 e. The summed E-state index contributed by atoms with van der Waals surface area (Å²) in [6.07, 6.45) is 0. The lowest BCUT2D eigenvalue weighted by atomic mass is 9.79. The van der Waals surface area contributed by atoms with Gasteiger partial charge in [-0.15, -0.1) is 0 Å². The van der Waals surface area contributed by atoms with E-state index in [1.807, 2.05) is 24.3 Å². The van der Waals surface area contributed by atoms with E-state index in [1.165, 1.54) is 0 Å². The van der Waals surface area contributed by atoms with Gasteiger partial charge in [0.1, 0.15) is 11.7 Å². The lowest BCUT2D eigenvalue weighted by molar-refractivity contribution is -0.139. The second-order valence-electron chi connectivity index (χ2n) is 4.75. The average molecular weight is 380 g/mol. The molecule has 2 rings (SSSR count). The molecule has 0 bridgehead atoms. The lowest BCUT2D eigenvalue weighted by Crippen LogP contribution is -2.32. The number of nitrogens with zero attached hydrogens (tertiary/aromatic N) is 1. The van der Waals surface area contributed by atoms with Crippen LogP contribution in [-0.4, -0.2) is 17.6 Å². The summed E-state index contributed by atoms with van der Waals surface area (Å²) in [5.74, 6) is -1.28. The number of hydrogen-bond acceptors (Lipinski definition) is 5. The van der Waals surface area contributed by atoms with Gasteiger partial charge in [-0.1, -0.05) is 28.1 Å². The third kappa shape index (κ3) is 3.21. The van der Waals surface area contributed by atoms with E-state index in [0.717, 1.165) is 10.0 Å². The van der Waals surface area contributed by atoms with Gasteiger partial charge < -0.3 is 9.47 Å². The van der Waals surface area contributed by atoms with E-state index >= 15 is 0 Å². The highest BCUT2D eigenvalue weighted by molar-refractivity contribution is 9.10. The molecule has 1 aromatic carbocycles. The fraction of sp³-hybridized carbons (Fsp3) is 0.312. The third-order valence-corrected chi connectivity index (χ3v) is 4.26. The maximum absolute atomic E-state index is 12.3. The van der Waals surface area contributed by atoms with Crippen molar-refractivity contribution in [1.29, 1.82) is 5.26 Å². The van der Waals surface area contributed by atoms with E-state index in [2.05, 4.69) is 22.0 Å². The van der Waals surface area contributed by atoms with Gasteiger partial charge in [-0.25, -0.2) is 4.79 Å². The van der Waals surface area contributed by atoms with E-state index in [4.69, 9.17) is 21.7 Å². The summed E-state index contributed by atoms with van der Waals surface area (Å²) in [6, 6.07) is 9.59. The molecule has 2 unspecified atom stereocenters. The maximum Gasteiger partial charge on any atom is 0.338 e. The van der Waals surface area contributed by atoms with Crippen LogP contribution >= 0.6 is 28.1 Å². The fourth-order valence-corrected chi connectivity index (χ4v) is 3.01. The van der Waals surface area contributed by atoms with Crippen molar-refractivity contribution in [1.82, 2.24) is 0 Å². The van der Waals surface area contributed by atoms with Gasteiger partial charge in [0, 0.05) is 10.4 Å². The largest absolute Gasteiger partial charge is 0.463 e. The molecule has 0 N–H and O–H groups in total. The summed E-state index contributed by atoms with van der Waals surface area (Å²) < 4.78 is 11.5. The molecule has 1 heterocycles. The summed E-state index contributed by atoms with van der Waals surface area (Å²) in [5.41, 5.74) is 1.17. The van der Waals surface area contributed by atoms with Crippen molar-refractivity contribution in [2.24, 2.45) is 5.92 Å². The van der Waals surface area contributed by atoms with Crippen molar-refractivity contribution in [2.75, 3.05) is 6.61 Å². The third-order valence-electron chi connectivity index (χ3n) is 3.39. The van der Waals surface area contributed by atoms with E-state index in [1.54, 1.807) is 13.8 Å². The summed E-state index contributed by atoms with van der Waals surface area (Å²) in [4.78, 5) is 12.3. The Hall–Kier alpha value is -1.71. The van der Waals surface area contributed by atoms with Crippen molar-refractivity contribution in [2.45, 2.75) is 19.8 Å². The van der Waals surface area contributed by atoms with Gasteiger partial charge >= 0.3 is 5.97 Å². The molecule has 1 aliphatic heterocycles. The number of allylic oxidation sites excluding steroid dienone is 1. The number of rotatable bonds is 3. The Morgan fingerprint density at radius 2 is 2.09 bits per heavy atom. The molecule has 0 spiro atoms. The van der Waals surface area contributed by atoms with Crippen LogP contribution in [0.4, 0.5) is 0 Å². The van der Waals surface area contributed by atoms with E-state index in [0.29, 0.717) is 11.3 Å². The van der Waals surface area contributed by atoms with E-state index in [9.17, 15) is 10.1 Å². The first-order valence-corrected chi connectivity index (χ1v) is 7.94. The van der Waals surface area contributed by atoms with E-state index in [-0.39, 0.29) is 11.7 Å². The molecule has 1 aromatic rings. The Labute approximate surface area is 142 Å². The first kappa shape index (κ1) is 16.7. The van der Waals surface area contributed by atoms with Crippen LogP contribution in [0, 0.1) is 17.2 Å². The second kappa shape index (κ2) is 7.03. The highest BCUT2D eigenvalue weighted by Crippen LogP contribution is 2.40. The second-order valence-corrected chi connectivity index (χ2v) is 6.07. The zero-order valence-corrected chi connectivity index (χ0v) is 14.5. The standard InChI is InChI=1S/C16H14BrNO3S/c1-3-20-15(19)13-9(2)21-16(22)12(8-18)14(13)10-4-6-11(17)7-5-10/h4-7,12,14H,3H2,1-2H3. The molecule has 2 atom stereocenters. The molecule has 0 aromatic heterocycles. The van der Waals surface area contributed by atoms with Crippen LogP contribution < -0.4 is 0 Å². The van der Waals surface area contributed by atoms with Crippen molar-refractivity contribution >= 4 is 39.2 Å². The van der Waals surface area contributed by atoms with Crippen molar-refractivity contribution in [3.8, 4) is 6.07 Å². The minimum atomic E-state index is -0.709. The predicted molar refractivity (Wildman–Crippen MR) is 89.0 cm³/mol. The zero-order valence-electron chi connectivity index (χ0n) is 12.1. The molecular formula is C16H14BrNO3S. The van der Waals surface area contributed by atoms with E-state index < -0.39 is 17.8 Å². The van der Waals surface area contributed by atoms with Crippen LogP contribution in [-0.2, 0) is 14.3 Å². The first-order valence-electron chi connectivity index (χ1n) is 6.74. The Balaban J connectivity index is 2.57. The molecule has 0 saturated heterocycles. The van der Waals surface area contributed by atoms with Crippen LogP contribution in [0.2, 0.25) is 0 Å². The first-order chi connectivity index (χ1) is 10.5. The normalized spacial score (nSPS) is 21.1. The number of thiocarbonyl (C=S) groups is 1. The quantitative estimate of drug-likeness (QED) is 0.589. The topological polar surface area (TPSA) is 59.3 Å². The van der Waals surface area contributed by atoms with Gasteiger partial charge in [-0.2, -0.15) is 5.26 Å². The van der Waals surface area contributed by atoms with Crippen molar-refractivity contribution in [3.63, 3.8) is 0 Å². The molecule has 0 saturated carbocycles. The number of benzene rings is 1. The van der Waals surface area contributed by atoms with Gasteiger partial charge in [0.2, 0.25) is 0 Å². The predicted octanol–water partition coefficient (Wildman–Crippen LogP) is 3.87. The number of esters is 1. The molecular weight excluding hydrogens is 366 g/mol. The summed E-state index contributed by atoms with van der Waals surface area (Å²) in [5, 5.41) is 9.64. The molecule has 4 nitrogen and oxygen atoms in total. The Bertz CT molecular complexity index is 676. The number of hydrogen-bond donors (Lipinski definition) is 0. The van der Waals surface area contributed by atoms with Crippen LogP contribution in [0.3, 0.4) is 0 Å². The van der Waals surface area contributed by atoms with Crippen molar-refractivity contribution < 1.29 is 14.3 Å². The highest BCUT2D eigenvalue weighted by Gasteiger charge is 2.40. The molecule has 0 radical (unpaired) electrons. The minimum Gasteiger partial charge on any atom is -0.463 e. The Morgan fingerprint density at radius 3 is 2.64 bits per heavy atom. The number of nitriles is 1. The van der Waals surface area contributed by atoms with Gasteiger partial charge in [0.15, 0.2) is 5.05 Å². The van der Waals surface area contributed by atoms with Crippen molar-refractivity contribution in [3.05, 3.63) is 45.6 Å². The highest BCUT2D eigenvalue weighted by atomic mass is 79.9. The molecule has 0 fully saturated rings. The van der Waals surface area contributed by atoms with Gasteiger partial charge in [-0.05, 0) is 43.8 Å². The number of carbonyl (C=O) groups is 1. The molecule has 6 heteroatoms. The minimum absolute atomic E-state index is 0.181. The average Bonchev–Trinajstić information content (AvgIpc) is 2.47. The monoisotopic (exact) mass is 379 g/mol. The Kier molecular flexibility index (Phi) is 5.33. The SMILES string of the molecule is CCOC(=O)C1=C(C)OC(=S)C(C#N)C1c1ccc(Br)cc1. The lowest BCUT2D eigenvalue weighted by Gasteiger charge is -2.30.